The van der Waals surface area contributed by atoms with Crippen molar-refractivity contribution in [3.05, 3.63) is 38.7 Å². The van der Waals surface area contributed by atoms with Crippen LogP contribution in [0.5, 0.6) is 5.75 Å². The number of benzene rings is 1. The summed E-state index contributed by atoms with van der Waals surface area (Å²) in [6.07, 6.45) is 1.89. The topological polar surface area (TPSA) is 100 Å². The van der Waals surface area contributed by atoms with Crippen molar-refractivity contribution in [2.24, 2.45) is 10.2 Å². The summed E-state index contributed by atoms with van der Waals surface area (Å²) in [6.45, 7) is 0. The number of nitrogens with one attached hydrogen (secondary N) is 1. The van der Waals surface area contributed by atoms with Crippen LogP contribution in [0.25, 0.3) is 0 Å². The zero-order valence-corrected chi connectivity index (χ0v) is 14.2. The Morgan fingerprint density at radius 3 is 2.83 bits per heavy atom. The maximum Gasteiger partial charge on any atom is 0.331 e. The third-order valence-electron chi connectivity index (χ3n) is 2.61. The number of thioether (sulfide) groups is 1. The van der Waals surface area contributed by atoms with Gasteiger partial charge in [-0.3, -0.25) is 10.1 Å². The van der Waals surface area contributed by atoms with Gasteiger partial charge in [0, 0.05) is 11.6 Å². The van der Waals surface area contributed by atoms with Crippen LogP contribution in [0.3, 0.4) is 0 Å². The van der Waals surface area contributed by atoms with E-state index in [1.165, 1.54) is 7.11 Å². The first-order valence-corrected chi connectivity index (χ1v) is 7.70. The first-order chi connectivity index (χ1) is 11.3. The fraction of sp³-hybridized carbons (Fsp3) is 0.0769. The highest BCUT2D eigenvalue weighted by molar-refractivity contribution is 9.10. The number of aromatic hydroxyl groups is 1. The lowest BCUT2D eigenvalue weighted by Gasteiger charge is -2.02. The summed E-state index contributed by atoms with van der Waals surface area (Å²) in [5.41, 5.74) is -0.263. The smallest absolute Gasteiger partial charge is 0.331 e. The number of amides is 1. The summed E-state index contributed by atoms with van der Waals surface area (Å²) in [4.78, 5) is 22.7. The van der Waals surface area contributed by atoms with Crippen molar-refractivity contribution >= 4 is 51.0 Å². The van der Waals surface area contributed by atoms with Crippen molar-refractivity contribution in [2.75, 3.05) is 7.11 Å². The maximum absolute atomic E-state index is 13.6. The van der Waals surface area contributed by atoms with E-state index in [4.69, 9.17) is 0 Å². The van der Waals surface area contributed by atoms with Crippen molar-refractivity contribution in [2.45, 2.75) is 0 Å². The molecule has 1 aliphatic heterocycles. The summed E-state index contributed by atoms with van der Waals surface area (Å²) in [5.74, 6) is -4.85. The van der Waals surface area contributed by atoms with Gasteiger partial charge in [0.25, 0.3) is 5.91 Å². The number of rotatable bonds is 3. The molecular formula is C13H8BrF2N3O4S. The normalized spacial score (nSPS) is 17.8. The predicted octanol–water partition coefficient (Wildman–Crippen LogP) is 2.04. The van der Waals surface area contributed by atoms with E-state index in [9.17, 15) is 23.5 Å². The van der Waals surface area contributed by atoms with Crippen LogP contribution >= 0.6 is 27.7 Å². The molecule has 1 fully saturated rings. The van der Waals surface area contributed by atoms with Gasteiger partial charge in [-0.25, -0.2) is 9.18 Å². The van der Waals surface area contributed by atoms with Gasteiger partial charge in [-0.2, -0.15) is 9.49 Å². The lowest BCUT2D eigenvalue weighted by molar-refractivity contribution is -0.135. The fourth-order valence-corrected chi connectivity index (χ4v) is 2.64. The number of phenols is 1. The van der Waals surface area contributed by atoms with Crippen LogP contribution in [0.1, 0.15) is 5.56 Å². The zero-order valence-electron chi connectivity index (χ0n) is 11.8. The number of halogens is 3. The average molecular weight is 420 g/mol. The zero-order chi connectivity index (χ0) is 17.9. The number of amidine groups is 1. The van der Waals surface area contributed by atoms with Crippen LogP contribution in [0, 0.1) is 11.6 Å². The summed E-state index contributed by atoms with van der Waals surface area (Å²) >= 11 is 3.70. The molecule has 1 aromatic carbocycles. The van der Waals surface area contributed by atoms with Crippen LogP contribution in [-0.2, 0) is 14.3 Å². The Morgan fingerprint density at radius 2 is 2.17 bits per heavy atom. The Hall–Kier alpha value is -2.27. The second-order valence-electron chi connectivity index (χ2n) is 4.16. The minimum atomic E-state index is -1.43. The lowest BCUT2D eigenvalue weighted by atomic mass is 10.2. The molecule has 1 amide bonds. The molecule has 7 nitrogen and oxygen atoms in total. The Morgan fingerprint density at radius 1 is 1.46 bits per heavy atom. The molecule has 1 aliphatic rings. The van der Waals surface area contributed by atoms with Crippen LogP contribution in [0.2, 0.25) is 0 Å². The van der Waals surface area contributed by atoms with Gasteiger partial charge >= 0.3 is 5.97 Å². The van der Waals surface area contributed by atoms with E-state index in [0.29, 0.717) is 0 Å². The molecule has 0 radical (unpaired) electrons. The van der Waals surface area contributed by atoms with Crippen molar-refractivity contribution in [1.29, 1.82) is 0 Å². The molecule has 0 unspecified atom stereocenters. The number of ether oxygens (including phenoxy) is 1. The maximum atomic E-state index is 13.6. The van der Waals surface area contributed by atoms with E-state index in [-0.39, 0.29) is 20.1 Å². The number of methoxy groups -OCH3 is 1. The minimum absolute atomic E-state index is 0.0464. The van der Waals surface area contributed by atoms with Gasteiger partial charge in [0.2, 0.25) is 5.82 Å². The highest BCUT2D eigenvalue weighted by Crippen LogP contribution is 2.30. The van der Waals surface area contributed by atoms with E-state index < -0.39 is 29.3 Å². The standard InChI is InChI=1S/C13H8BrF2N3O4S/c1-23-8(20)3-7-12(22)18-13(24-7)19-17-4-5-2-6(14)11(21)10(16)9(5)15/h2-4,21H,1H3,(H,18,19,22)/b7-3+,17-4?. The van der Waals surface area contributed by atoms with Gasteiger partial charge in [-0.1, -0.05) is 0 Å². The number of phenolic OH excluding ortho intramolecular Hbond substituents is 1. The SMILES string of the molecule is COC(=O)/C=C1/S/C(=N\N=Cc2cc(Br)c(O)c(F)c2F)NC1=O. The van der Waals surface area contributed by atoms with Gasteiger partial charge < -0.3 is 9.84 Å². The molecule has 0 bridgehead atoms. The second kappa shape index (κ2) is 7.53. The molecule has 2 N–H and O–H groups in total. The number of hydrogen-bond acceptors (Lipinski definition) is 7. The van der Waals surface area contributed by atoms with E-state index in [0.717, 1.165) is 30.1 Å². The van der Waals surface area contributed by atoms with Gasteiger partial charge in [-0.15, -0.1) is 5.10 Å². The number of carbonyl (C=O) groups excluding carboxylic acids is 2. The fourth-order valence-electron chi connectivity index (χ4n) is 1.48. The molecule has 126 valence electrons. The van der Waals surface area contributed by atoms with Crippen molar-refractivity contribution < 1.29 is 28.2 Å². The summed E-state index contributed by atoms with van der Waals surface area (Å²) < 4.78 is 31.3. The number of nitrogens with zero attached hydrogens (tertiary/aromatic N) is 2. The first kappa shape index (κ1) is 18.1. The van der Waals surface area contributed by atoms with E-state index in [1.54, 1.807) is 0 Å². The largest absolute Gasteiger partial charge is 0.504 e. The van der Waals surface area contributed by atoms with Gasteiger partial charge in [0.15, 0.2) is 16.7 Å². The monoisotopic (exact) mass is 419 g/mol. The molecule has 0 atom stereocenters. The van der Waals surface area contributed by atoms with Crippen molar-refractivity contribution in [1.82, 2.24) is 5.32 Å². The van der Waals surface area contributed by atoms with Crippen LogP contribution in [0.15, 0.2) is 31.7 Å². The molecule has 0 saturated carbocycles. The van der Waals surface area contributed by atoms with Crippen LogP contribution < -0.4 is 5.32 Å². The van der Waals surface area contributed by atoms with Gasteiger partial charge in [-0.05, 0) is 33.8 Å². The third-order valence-corrected chi connectivity index (χ3v) is 4.11. The molecule has 1 saturated heterocycles. The number of esters is 1. The summed E-state index contributed by atoms with van der Waals surface area (Å²) in [7, 11) is 1.17. The third kappa shape index (κ3) is 3.97. The molecule has 0 aromatic heterocycles. The van der Waals surface area contributed by atoms with E-state index >= 15 is 0 Å². The van der Waals surface area contributed by atoms with E-state index in [1.807, 2.05) is 0 Å². The van der Waals surface area contributed by atoms with Crippen LogP contribution in [0.4, 0.5) is 8.78 Å². The first-order valence-electron chi connectivity index (χ1n) is 6.09. The summed E-state index contributed by atoms with van der Waals surface area (Å²) in [6, 6.07) is 1.11. The molecule has 0 spiro atoms. The minimum Gasteiger partial charge on any atom is -0.504 e. The van der Waals surface area contributed by atoms with Crippen molar-refractivity contribution in [3.63, 3.8) is 0 Å². The summed E-state index contributed by atoms with van der Waals surface area (Å²) in [5, 5.41) is 18.8. The Labute approximate surface area is 146 Å². The van der Waals surface area contributed by atoms with E-state index in [2.05, 4.69) is 36.2 Å². The molecule has 1 aromatic rings. The molecule has 0 aliphatic carbocycles. The number of hydrogen-bond donors (Lipinski definition) is 2. The Balaban J connectivity index is 2.18. The molecule has 11 heteroatoms. The predicted molar refractivity (Wildman–Crippen MR) is 86.6 cm³/mol. The van der Waals surface area contributed by atoms with Crippen molar-refractivity contribution in [3.8, 4) is 5.75 Å². The lowest BCUT2D eigenvalue weighted by Crippen LogP contribution is -2.19. The number of carbonyl (C=O) groups is 2. The molecule has 2 rings (SSSR count). The van der Waals surface area contributed by atoms with Crippen LogP contribution in [-0.4, -0.2) is 35.5 Å². The highest BCUT2D eigenvalue weighted by atomic mass is 79.9. The quantitative estimate of drug-likeness (QED) is 0.256. The highest BCUT2D eigenvalue weighted by Gasteiger charge is 2.25. The molecule has 24 heavy (non-hydrogen) atoms. The molecular weight excluding hydrogens is 412 g/mol. The van der Waals surface area contributed by atoms with Gasteiger partial charge in [0.1, 0.15) is 0 Å². The second-order valence-corrected chi connectivity index (χ2v) is 6.05. The Kier molecular flexibility index (Phi) is 5.67. The average Bonchev–Trinajstić information content (AvgIpc) is 2.89. The Bertz CT molecular complexity index is 811. The molecule has 1 heterocycles. The van der Waals surface area contributed by atoms with Gasteiger partial charge in [0.05, 0.1) is 22.7 Å².